The van der Waals surface area contributed by atoms with Crippen LogP contribution in [-0.4, -0.2) is 16.1 Å². The van der Waals surface area contributed by atoms with E-state index < -0.39 is 0 Å². The van der Waals surface area contributed by atoms with Gasteiger partial charge in [-0.3, -0.25) is 9.89 Å². The second kappa shape index (κ2) is 4.52. The van der Waals surface area contributed by atoms with E-state index in [0.717, 1.165) is 22.2 Å². The Balaban J connectivity index is 1.90. The Labute approximate surface area is 116 Å². The van der Waals surface area contributed by atoms with Crippen molar-refractivity contribution in [1.82, 2.24) is 10.2 Å². The number of nitrogens with one attached hydrogen (secondary N) is 2. The van der Waals surface area contributed by atoms with Gasteiger partial charge in [0.2, 0.25) is 0 Å². The predicted octanol–water partition coefficient (Wildman–Crippen LogP) is 3.33. The Morgan fingerprint density at radius 1 is 1.25 bits per heavy atom. The normalized spacial score (nSPS) is 10.9. The summed E-state index contributed by atoms with van der Waals surface area (Å²) < 4.78 is 5.55. The molecular weight excluding hydrogens is 254 g/mol. The van der Waals surface area contributed by atoms with Crippen molar-refractivity contribution in [3.05, 3.63) is 46.8 Å². The van der Waals surface area contributed by atoms with E-state index in [2.05, 4.69) is 15.5 Å². The molecule has 0 saturated heterocycles. The van der Waals surface area contributed by atoms with Crippen LogP contribution in [0, 0.1) is 20.8 Å². The summed E-state index contributed by atoms with van der Waals surface area (Å²) in [6.45, 7) is 5.81. The van der Waals surface area contributed by atoms with Crippen LogP contribution in [0.25, 0.3) is 11.0 Å². The number of hydrogen-bond donors (Lipinski definition) is 2. The Kier molecular flexibility index (Phi) is 2.82. The van der Waals surface area contributed by atoms with Crippen LogP contribution >= 0.6 is 0 Å². The number of anilines is 1. The first-order chi connectivity index (χ1) is 9.54. The summed E-state index contributed by atoms with van der Waals surface area (Å²) in [4.78, 5) is 12.2. The van der Waals surface area contributed by atoms with Crippen molar-refractivity contribution >= 4 is 22.7 Å². The van der Waals surface area contributed by atoms with E-state index >= 15 is 0 Å². The van der Waals surface area contributed by atoms with Gasteiger partial charge in [-0.2, -0.15) is 5.10 Å². The van der Waals surface area contributed by atoms with Crippen molar-refractivity contribution in [2.24, 2.45) is 0 Å². The van der Waals surface area contributed by atoms with Crippen LogP contribution in [-0.2, 0) is 0 Å². The highest BCUT2D eigenvalue weighted by Gasteiger charge is 2.15. The zero-order chi connectivity index (χ0) is 14.3. The van der Waals surface area contributed by atoms with E-state index in [4.69, 9.17) is 4.42 Å². The number of aryl methyl sites for hydroxylation is 2. The van der Waals surface area contributed by atoms with E-state index in [1.165, 1.54) is 0 Å². The van der Waals surface area contributed by atoms with E-state index in [1.807, 2.05) is 39.0 Å². The van der Waals surface area contributed by atoms with Crippen LogP contribution in [0.3, 0.4) is 0 Å². The van der Waals surface area contributed by atoms with Gasteiger partial charge in [0.1, 0.15) is 5.58 Å². The first-order valence-electron chi connectivity index (χ1n) is 6.37. The molecule has 0 fully saturated rings. The quantitative estimate of drug-likeness (QED) is 0.749. The maximum absolute atomic E-state index is 12.2. The van der Waals surface area contributed by atoms with Crippen LogP contribution in [0.1, 0.15) is 27.4 Å². The van der Waals surface area contributed by atoms with Crippen molar-refractivity contribution in [3.63, 3.8) is 0 Å². The number of furan rings is 1. The molecule has 0 bridgehead atoms. The van der Waals surface area contributed by atoms with Crippen molar-refractivity contribution in [2.45, 2.75) is 20.8 Å². The topological polar surface area (TPSA) is 70.9 Å². The van der Waals surface area contributed by atoms with E-state index in [-0.39, 0.29) is 11.7 Å². The molecule has 0 atom stereocenters. The van der Waals surface area contributed by atoms with Gasteiger partial charge >= 0.3 is 0 Å². The molecule has 0 aliphatic heterocycles. The molecule has 0 unspecified atom stereocenters. The van der Waals surface area contributed by atoms with Crippen LogP contribution in [0.4, 0.5) is 5.82 Å². The zero-order valence-corrected chi connectivity index (χ0v) is 11.6. The lowest BCUT2D eigenvalue weighted by atomic mass is 10.2. The molecule has 1 amide bonds. The summed E-state index contributed by atoms with van der Waals surface area (Å²) in [6, 6.07) is 7.55. The molecule has 5 heteroatoms. The Morgan fingerprint density at radius 2 is 2.05 bits per heavy atom. The SMILES string of the molecule is Cc1ccc2oc(C(=O)Nc3n[nH]c(C)c3C)cc2c1. The minimum atomic E-state index is -0.298. The highest BCUT2D eigenvalue weighted by molar-refractivity contribution is 6.04. The molecule has 2 aromatic heterocycles. The van der Waals surface area contributed by atoms with Gasteiger partial charge in [-0.05, 0) is 39.0 Å². The highest BCUT2D eigenvalue weighted by atomic mass is 16.3. The number of nitrogens with zero attached hydrogens (tertiary/aromatic N) is 1. The van der Waals surface area contributed by atoms with Gasteiger partial charge in [-0.15, -0.1) is 0 Å². The average molecular weight is 269 g/mol. The van der Waals surface area contributed by atoms with Gasteiger partial charge in [-0.1, -0.05) is 11.6 Å². The maximum Gasteiger partial charge on any atom is 0.292 e. The Hall–Kier alpha value is -2.56. The predicted molar refractivity (Wildman–Crippen MR) is 77.0 cm³/mol. The minimum absolute atomic E-state index is 0.283. The second-order valence-electron chi connectivity index (χ2n) is 4.93. The fraction of sp³-hybridized carbons (Fsp3) is 0.200. The van der Waals surface area contributed by atoms with Crippen molar-refractivity contribution in [3.8, 4) is 0 Å². The number of aromatic amines is 1. The van der Waals surface area contributed by atoms with E-state index in [9.17, 15) is 4.79 Å². The molecular formula is C15H15N3O2. The number of rotatable bonds is 2. The van der Waals surface area contributed by atoms with Gasteiger partial charge in [0.25, 0.3) is 5.91 Å². The second-order valence-corrected chi connectivity index (χ2v) is 4.93. The van der Waals surface area contributed by atoms with Crippen LogP contribution < -0.4 is 5.32 Å². The van der Waals surface area contributed by atoms with Crippen molar-refractivity contribution < 1.29 is 9.21 Å². The molecule has 0 spiro atoms. The molecule has 1 aromatic carbocycles. The lowest BCUT2D eigenvalue weighted by Crippen LogP contribution is -2.11. The van der Waals surface area contributed by atoms with Crippen LogP contribution in [0.2, 0.25) is 0 Å². The monoisotopic (exact) mass is 269 g/mol. The fourth-order valence-electron chi connectivity index (χ4n) is 2.05. The van der Waals surface area contributed by atoms with Gasteiger partial charge < -0.3 is 9.73 Å². The van der Waals surface area contributed by atoms with E-state index in [0.29, 0.717) is 11.4 Å². The van der Waals surface area contributed by atoms with Crippen LogP contribution in [0.15, 0.2) is 28.7 Å². The molecule has 0 aliphatic rings. The van der Waals surface area contributed by atoms with Gasteiger partial charge in [-0.25, -0.2) is 0 Å². The average Bonchev–Trinajstić information content (AvgIpc) is 2.96. The number of H-pyrrole nitrogens is 1. The summed E-state index contributed by atoms with van der Waals surface area (Å²) >= 11 is 0. The third kappa shape index (κ3) is 2.07. The van der Waals surface area contributed by atoms with Crippen LogP contribution in [0.5, 0.6) is 0 Å². The summed E-state index contributed by atoms with van der Waals surface area (Å²) in [7, 11) is 0. The summed E-state index contributed by atoms with van der Waals surface area (Å²) in [5, 5.41) is 10.6. The van der Waals surface area contributed by atoms with Gasteiger partial charge in [0.05, 0.1) is 0 Å². The van der Waals surface area contributed by atoms with Gasteiger partial charge in [0, 0.05) is 16.6 Å². The standard InChI is InChI=1S/C15H15N3O2/c1-8-4-5-12-11(6-8)7-13(20-12)15(19)16-14-9(2)10(3)17-18-14/h4-7H,1-3H3,(H2,16,17,18,19). The molecule has 102 valence electrons. The smallest absolute Gasteiger partial charge is 0.292 e. The zero-order valence-electron chi connectivity index (χ0n) is 11.6. The fourth-order valence-corrected chi connectivity index (χ4v) is 2.05. The summed E-state index contributed by atoms with van der Waals surface area (Å²) in [5.41, 5.74) is 3.69. The number of hydrogen-bond acceptors (Lipinski definition) is 3. The lowest BCUT2D eigenvalue weighted by molar-refractivity contribution is 0.0998. The molecule has 0 aliphatic carbocycles. The van der Waals surface area contributed by atoms with Gasteiger partial charge in [0.15, 0.2) is 11.6 Å². The molecule has 20 heavy (non-hydrogen) atoms. The number of amides is 1. The Morgan fingerprint density at radius 3 is 2.75 bits per heavy atom. The van der Waals surface area contributed by atoms with Crippen molar-refractivity contribution in [1.29, 1.82) is 0 Å². The molecule has 3 rings (SSSR count). The maximum atomic E-state index is 12.2. The molecule has 2 heterocycles. The summed E-state index contributed by atoms with van der Waals surface area (Å²) in [6.07, 6.45) is 0. The third-order valence-corrected chi connectivity index (χ3v) is 3.38. The molecule has 0 radical (unpaired) electrons. The number of carbonyl (C=O) groups excluding carboxylic acids is 1. The summed E-state index contributed by atoms with van der Waals surface area (Å²) in [5.74, 6) is 0.517. The number of fused-ring (bicyclic) bond motifs is 1. The minimum Gasteiger partial charge on any atom is -0.451 e. The largest absolute Gasteiger partial charge is 0.451 e. The first-order valence-corrected chi connectivity index (χ1v) is 6.37. The number of benzene rings is 1. The first kappa shape index (κ1) is 12.5. The number of aromatic nitrogens is 2. The molecule has 0 saturated carbocycles. The Bertz CT molecular complexity index is 799. The molecule has 3 aromatic rings. The lowest BCUT2D eigenvalue weighted by Gasteiger charge is -1.99. The third-order valence-electron chi connectivity index (χ3n) is 3.38. The number of carbonyl (C=O) groups is 1. The van der Waals surface area contributed by atoms with Crippen molar-refractivity contribution in [2.75, 3.05) is 5.32 Å². The van der Waals surface area contributed by atoms with E-state index in [1.54, 1.807) is 6.07 Å². The molecule has 5 nitrogen and oxygen atoms in total. The highest BCUT2D eigenvalue weighted by Crippen LogP contribution is 2.22. The molecule has 2 N–H and O–H groups in total.